The molecule has 0 unspecified atom stereocenters. The van der Waals surface area contributed by atoms with Crippen LogP contribution in [0, 0.1) is 0 Å². The highest BCUT2D eigenvalue weighted by Crippen LogP contribution is 2.11. The van der Waals surface area contributed by atoms with E-state index in [-0.39, 0.29) is 0 Å². The van der Waals surface area contributed by atoms with Crippen LogP contribution in [0.25, 0.3) is 0 Å². The molecule has 0 aliphatic heterocycles. The lowest BCUT2D eigenvalue weighted by Crippen LogP contribution is -2.42. The molecule has 0 aromatic rings. The van der Waals surface area contributed by atoms with Crippen LogP contribution in [-0.2, 0) is 4.79 Å². The van der Waals surface area contributed by atoms with Gasteiger partial charge < -0.3 is 25.5 Å². The van der Waals surface area contributed by atoms with Gasteiger partial charge in [-0.1, -0.05) is 0 Å². The van der Waals surface area contributed by atoms with E-state index >= 15 is 0 Å². The van der Waals surface area contributed by atoms with Gasteiger partial charge in [-0.05, 0) is 0 Å². The maximum absolute atomic E-state index is 9.88. The lowest BCUT2D eigenvalue weighted by Gasteiger charge is -2.22. The number of carbonyl (C=O) groups is 1. The van der Waals surface area contributed by atoms with Crippen molar-refractivity contribution in [3.63, 3.8) is 0 Å². The standard InChI is InChI=1S/C5H10O6/c6-3(7)1-2-5(10,11)4(8)9/h4,8-11H,1-2H2,(H,6,7). The van der Waals surface area contributed by atoms with Crippen molar-refractivity contribution in [1.29, 1.82) is 0 Å². The quantitative estimate of drug-likeness (QED) is 0.304. The summed E-state index contributed by atoms with van der Waals surface area (Å²) in [4.78, 5) is 9.88. The van der Waals surface area contributed by atoms with Crippen molar-refractivity contribution in [1.82, 2.24) is 0 Å². The Bertz CT molecular complexity index is 140. The van der Waals surface area contributed by atoms with Gasteiger partial charge in [0.05, 0.1) is 6.42 Å². The first kappa shape index (κ1) is 10.3. The van der Waals surface area contributed by atoms with Crippen LogP contribution in [0.4, 0.5) is 0 Å². The number of hydrogen-bond donors (Lipinski definition) is 5. The second-order valence-electron chi connectivity index (χ2n) is 2.15. The summed E-state index contributed by atoms with van der Waals surface area (Å²) in [6.45, 7) is 0. The van der Waals surface area contributed by atoms with Crippen LogP contribution < -0.4 is 0 Å². The van der Waals surface area contributed by atoms with Crippen LogP contribution in [0.3, 0.4) is 0 Å². The summed E-state index contributed by atoms with van der Waals surface area (Å²) in [6, 6.07) is 0. The van der Waals surface area contributed by atoms with Crippen LogP contribution in [0.5, 0.6) is 0 Å². The lowest BCUT2D eigenvalue weighted by atomic mass is 10.1. The summed E-state index contributed by atoms with van der Waals surface area (Å²) in [7, 11) is 0. The molecule has 0 fully saturated rings. The number of aliphatic hydroxyl groups is 4. The highest BCUT2D eigenvalue weighted by atomic mass is 16.6. The fraction of sp³-hybridized carbons (Fsp3) is 0.800. The van der Waals surface area contributed by atoms with E-state index in [0.717, 1.165) is 0 Å². The number of aliphatic hydroxyl groups excluding tert-OH is 1. The van der Waals surface area contributed by atoms with Gasteiger partial charge in [0, 0.05) is 6.42 Å². The number of carboxylic acids is 1. The molecule has 0 aliphatic rings. The summed E-state index contributed by atoms with van der Waals surface area (Å²) in [5.74, 6) is -3.98. The van der Waals surface area contributed by atoms with E-state index in [1.165, 1.54) is 0 Å². The molecule has 0 atom stereocenters. The third kappa shape index (κ3) is 3.89. The van der Waals surface area contributed by atoms with Gasteiger partial charge in [0.2, 0.25) is 12.1 Å². The van der Waals surface area contributed by atoms with Crippen LogP contribution in [-0.4, -0.2) is 43.6 Å². The molecule has 11 heavy (non-hydrogen) atoms. The third-order valence-electron chi connectivity index (χ3n) is 1.12. The van der Waals surface area contributed by atoms with Crippen LogP contribution >= 0.6 is 0 Å². The SMILES string of the molecule is O=C(O)CCC(O)(O)C(O)O. The van der Waals surface area contributed by atoms with Gasteiger partial charge in [0.15, 0.2) is 0 Å². The first-order valence-electron chi connectivity index (χ1n) is 2.89. The second-order valence-corrected chi connectivity index (χ2v) is 2.15. The summed E-state index contributed by atoms with van der Waals surface area (Å²) >= 11 is 0. The second kappa shape index (κ2) is 3.63. The molecular weight excluding hydrogens is 156 g/mol. The van der Waals surface area contributed by atoms with E-state index in [1.807, 2.05) is 0 Å². The van der Waals surface area contributed by atoms with Gasteiger partial charge >= 0.3 is 5.97 Å². The van der Waals surface area contributed by atoms with E-state index in [2.05, 4.69) is 0 Å². The predicted octanol–water partition coefficient (Wildman–Crippen LogP) is -2.16. The smallest absolute Gasteiger partial charge is 0.303 e. The molecule has 0 amide bonds. The molecule has 0 saturated carbocycles. The zero-order valence-corrected chi connectivity index (χ0v) is 5.64. The Balaban J connectivity index is 3.82. The molecule has 0 aromatic carbocycles. The monoisotopic (exact) mass is 166 g/mol. The van der Waals surface area contributed by atoms with E-state index < -0.39 is 30.9 Å². The molecule has 0 rings (SSSR count). The van der Waals surface area contributed by atoms with E-state index in [9.17, 15) is 4.79 Å². The van der Waals surface area contributed by atoms with Crippen LogP contribution in [0.15, 0.2) is 0 Å². The minimum Gasteiger partial charge on any atom is -0.481 e. The molecule has 6 heteroatoms. The first-order valence-corrected chi connectivity index (χ1v) is 2.89. The maximum atomic E-state index is 9.88. The minimum atomic E-state index is -2.74. The molecule has 66 valence electrons. The fourth-order valence-corrected chi connectivity index (χ4v) is 0.420. The van der Waals surface area contributed by atoms with E-state index in [4.69, 9.17) is 25.5 Å². The Labute approximate surface area is 62.3 Å². The number of carboxylic acid groups (broad SMARTS) is 1. The normalized spacial score (nSPS) is 12.1. The predicted molar refractivity (Wildman–Crippen MR) is 32.3 cm³/mol. The zero-order valence-electron chi connectivity index (χ0n) is 5.64. The van der Waals surface area contributed by atoms with Crippen molar-refractivity contribution in [2.75, 3.05) is 0 Å². The van der Waals surface area contributed by atoms with Gasteiger partial charge in [-0.2, -0.15) is 0 Å². The molecule has 0 saturated heterocycles. The first-order chi connectivity index (χ1) is 4.86. The summed E-state index contributed by atoms with van der Waals surface area (Å²) in [5, 5.41) is 41.9. The van der Waals surface area contributed by atoms with Crippen molar-refractivity contribution in [2.24, 2.45) is 0 Å². The Morgan fingerprint density at radius 3 is 2.09 bits per heavy atom. The summed E-state index contributed by atoms with van der Waals surface area (Å²) in [6.07, 6.45) is -3.51. The Kier molecular flexibility index (Phi) is 3.40. The Morgan fingerprint density at radius 1 is 1.36 bits per heavy atom. The van der Waals surface area contributed by atoms with Crippen molar-refractivity contribution in [3.05, 3.63) is 0 Å². The highest BCUT2D eigenvalue weighted by Gasteiger charge is 2.31. The molecule has 0 radical (unpaired) electrons. The zero-order chi connectivity index (χ0) is 9.07. The molecule has 0 aromatic heterocycles. The average Bonchev–Trinajstić information content (AvgIpc) is 1.84. The molecule has 0 bridgehead atoms. The van der Waals surface area contributed by atoms with Crippen molar-refractivity contribution in [3.8, 4) is 0 Å². The van der Waals surface area contributed by atoms with E-state index in [0.29, 0.717) is 0 Å². The maximum Gasteiger partial charge on any atom is 0.303 e. The third-order valence-corrected chi connectivity index (χ3v) is 1.12. The Hall–Kier alpha value is -0.690. The van der Waals surface area contributed by atoms with E-state index in [1.54, 1.807) is 0 Å². The number of rotatable bonds is 4. The Morgan fingerprint density at radius 2 is 1.82 bits per heavy atom. The van der Waals surface area contributed by atoms with Gasteiger partial charge in [-0.15, -0.1) is 0 Å². The van der Waals surface area contributed by atoms with Crippen LogP contribution in [0.1, 0.15) is 12.8 Å². The summed E-state index contributed by atoms with van der Waals surface area (Å²) < 4.78 is 0. The van der Waals surface area contributed by atoms with Crippen LogP contribution in [0.2, 0.25) is 0 Å². The molecule has 0 spiro atoms. The largest absolute Gasteiger partial charge is 0.481 e. The minimum absolute atomic E-state index is 0.537. The van der Waals surface area contributed by atoms with Crippen molar-refractivity contribution >= 4 is 5.97 Å². The topological polar surface area (TPSA) is 118 Å². The van der Waals surface area contributed by atoms with Gasteiger partial charge in [0.25, 0.3) is 0 Å². The van der Waals surface area contributed by atoms with Gasteiger partial charge in [-0.25, -0.2) is 0 Å². The molecule has 0 aliphatic carbocycles. The highest BCUT2D eigenvalue weighted by molar-refractivity contribution is 5.66. The van der Waals surface area contributed by atoms with Gasteiger partial charge in [0.1, 0.15) is 0 Å². The number of hydrogen-bond acceptors (Lipinski definition) is 5. The molecular formula is C5H10O6. The van der Waals surface area contributed by atoms with Gasteiger partial charge in [-0.3, -0.25) is 4.79 Å². The molecule has 5 N–H and O–H groups in total. The lowest BCUT2D eigenvalue weighted by molar-refractivity contribution is -0.292. The fourth-order valence-electron chi connectivity index (χ4n) is 0.420. The van der Waals surface area contributed by atoms with Crippen molar-refractivity contribution < 1.29 is 30.3 Å². The summed E-state index contributed by atoms with van der Waals surface area (Å²) in [5.41, 5.74) is 0. The molecule has 0 heterocycles. The van der Waals surface area contributed by atoms with Crippen molar-refractivity contribution in [2.45, 2.75) is 24.9 Å². The average molecular weight is 166 g/mol. The molecule has 6 nitrogen and oxygen atoms in total. The number of aliphatic carboxylic acids is 1.